The number of β-amino-alcohol motifs (C(OH)–C–C–N with tert-alkyl or cyclic N) is 1. The van der Waals surface area contributed by atoms with Gasteiger partial charge in [0.15, 0.2) is 17.3 Å². The van der Waals surface area contributed by atoms with E-state index in [1.807, 2.05) is 4.90 Å². The highest BCUT2D eigenvalue weighted by Gasteiger charge is 2.44. The first-order chi connectivity index (χ1) is 16.3. The zero-order valence-electron chi connectivity index (χ0n) is 18.8. The molecule has 4 rings (SSSR count). The zero-order valence-corrected chi connectivity index (χ0v) is 18.8. The summed E-state index contributed by atoms with van der Waals surface area (Å²) in [5.74, 6) is -3.82. The predicted octanol–water partition coefficient (Wildman–Crippen LogP) is 4.36. The first-order valence-electron chi connectivity index (χ1n) is 11.2. The van der Waals surface area contributed by atoms with Crippen molar-refractivity contribution in [2.45, 2.75) is 18.8 Å². The van der Waals surface area contributed by atoms with E-state index in [2.05, 4.69) is 0 Å². The fourth-order valence-electron chi connectivity index (χ4n) is 5.12. The molecule has 0 aromatic heterocycles. The highest BCUT2D eigenvalue weighted by molar-refractivity contribution is 5.99. The normalized spacial score (nSPS) is 20.9. The zero-order chi connectivity index (χ0) is 24.4. The molecule has 3 aromatic carbocycles. The molecule has 1 saturated heterocycles. The molecule has 34 heavy (non-hydrogen) atoms. The first-order valence-corrected chi connectivity index (χ1v) is 11.2. The smallest absolute Gasteiger partial charge is 0.167 e. The van der Waals surface area contributed by atoms with Crippen LogP contribution in [0.15, 0.2) is 60.7 Å². The largest absolute Gasteiger partial charge is 0.508 e. The molecule has 0 unspecified atom stereocenters. The Morgan fingerprint density at radius 1 is 0.971 bits per heavy atom. The average Bonchev–Trinajstić information content (AvgIpc) is 2.82. The molecule has 1 aliphatic heterocycles. The topological polar surface area (TPSA) is 81.0 Å². The summed E-state index contributed by atoms with van der Waals surface area (Å²) in [5, 5.41) is 30.1. The van der Waals surface area contributed by atoms with E-state index in [9.17, 15) is 28.9 Å². The van der Waals surface area contributed by atoms with E-state index in [1.165, 1.54) is 24.3 Å². The number of likely N-dealkylation sites (tertiary alicyclic amines) is 1. The van der Waals surface area contributed by atoms with Gasteiger partial charge in [-0.05, 0) is 42.3 Å². The van der Waals surface area contributed by atoms with Gasteiger partial charge in [-0.3, -0.25) is 9.69 Å². The minimum Gasteiger partial charge on any atom is -0.508 e. The molecular formula is C27H27F2NO4. The Balaban J connectivity index is 1.91. The van der Waals surface area contributed by atoms with E-state index < -0.39 is 35.1 Å². The number of aliphatic hydroxyl groups excluding tert-OH is 1. The van der Waals surface area contributed by atoms with Crippen LogP contribution in [0.25, 0.3) is 0 Å². The number of halogens is 2. The second-order valence-corrected chi connectivity index (χ2v) is 8.77. The second-order valence-electron chi connectivity index (χ2n) is 8.77. The van der Waals surface area contributed by atoms with Crippen LogP contribution in [0.3, 0.4) is 0 Å². The molecule has 0 bridgehead atoms. The minimum atomic E-state index is -0.776. The molecule has 1 fully saturated rings. The molecule has 7 heteroatoms. The molecule has 5 nitrogen and oxygen atoms in total. The third-order valence-corrected chi connectivity index (χ3v) is 6.75. The number of ketones is 1. The Morgan fingerprint density at radius 3 is 2.35 bits per heavy atom. The molecule has 0 aliphatic carbocycles. The van der Waals surface area contributed by atoms with Crippen molar-refractivity contribution in [2.24, 2.45) is 5.92 Å². The summed E-state index contributed by atoms with van der Waals surface area (Å²) in [6.45, 7) is 2.40. The summed E-state index contributed by atoms with van der Waals surface area (Å²) in [6, 6.07) is 15.0. The van der Waals surface area contributed by atoms with Crippen molar-refractivity contribution < 1.29 is 28.9 Å². The number of hydrogen-bond acceptors (Lipinski definition) is 5. The van der Waals surface area contributed by atoms with E-state index in [1.54, 1.807) is 37.3 Å². The molecule has 3 N–H and O–H groups in total. The lowest BCUT2D eigenvalue weighted by Gasteiger charge is -2.44. The van der Waals surface area contributed by atoms with Crippen LogP contribution in [0.5, 0.6) is 11.5 Å². The van der Waals surface area contributed by atoms with Gasteiger partial charge in [-0.15, -0.1) is 0 Å². The molecule has 178 valence electrons. The number of carbonyl (C=O) groups is 1. The van der Waals surface area contributed by atoms with Gasteiger partial charge >= 0.3 is 0 Å². The van der Waals surface area contributed by atoms with Crippen molar-refractivity contribution in [2.75, 3.05) is 26.2 Å². The molecule has 1 heterocycles. The number of para-hydroxylation sites is 1. The number of aromatic hydroxyl groups is 2. The molecule has 0 radical (unpaired) electrons. The van der Waals surface area contributed by atoms with Gasteiger partial charge in [0.25, 0.3) is 0 Å². The molecular weight excluding hydrogens is 440 g/mol. The number of nitrogens with zero attached hydrogens (tertiary/aromatic N) is 1. The summed E-state index contributed by atoms with van der Waals surface area (Å²) in [7, 11) is 0. The quantitative estimate of drug-likeness (QED) is 0.470. The third-order valence-electron chi connectivity index (χ3n) is 6.75. The first kappa shape index (κ1) is 23.9. The lowest BCUT2D eigenvalue weighted by atomic mass is 9.67. The molecule has 1 aliphatic rings. The fourth-order valence-corrected chi connectivity index (χ4v) is 5.12. The molecule has 0 amide bonds. The Kier molecular flexibility index (Phi) is 6.95. The Hall–Kier alpha value is -3.29. The number of hydrogen-bond donors (Lipinski definition) is 3. The van der Waals surface area contributed by atoms with Crippen LogP contribution >= 0.6 is 0 Å². The van der Waals surface area contributed by atoms with Crippen LogP contribution in [-0.2, 0) is 0 Å². The van der Waals surface area contributed by atoms with Crippen LogP contribution in [0, 0.1) is 24.5 Å². The maximum Gasteiger partial charge on any atom is 0.167 e. The molecule has 0 spiro atoms. The van der Waals surface area contributed by atoms with Gasteiger partial charge in [-0.2, -0.15) is 0 Å². The highest BCUT2D eigenvalue weighted by Crippen LogP contribution is 2.47. The van der Waals surface area contributed by atoms with Gasteiger partial charge in [0.05, 0.1) is 6.61 Å². The maximum atomic E-state index is 14.6. The number of phenolic OH excluding ortho intramolecular Hbond substituents is 2. The van der Waals surface area contributed by atoms with E-state index >= 15 is 0 Å². The highest BCUT2D eigenvalue weighted by atomic mass is 19.1. The van der Waals surface area contributed by atoms with Gasteiger partial charge in [0.1, 0.15) is 11.6 Å². The number of Topliss-reactive ketones (excluding diaryl/α,β-unsaturated/α-hetero) is 1. The minimum absolute atomic E-state index is 0.0494. The van der Waals surface area contributed by atoms with Crippen molar-refractivity contribution in [1.82, 2.24) is 4.90 Å². The van der Waals surface area contributed by atoms with E-state index in [0.29, 0.717) is 28.8 Å². The van der Waals surface area contributed by atoms with E-state index in [4.69, 9.17) is 0 Å². The van der Waals surface area contributed by atoms with Crippen molar-refractivity contribution in [1.29, 1.82) is 0 Å². The summed E-state index contributed by atoms with van der Waals surface area (Å²) in [4.78, 5) is 15.7. The van der Waals surface area contributed by atoms with Gasteiger partial charge in [0, 0.05) is 48.5 Å². The molecule has 3 aromatic rings. The maximum absolute atomic E-state index is 14.6. The monoisotopic (exact) mass is 467 g/mol. The van der Waals surface area contributed by atoms with Gasteiger partial charge < -0.3 is 15.3 Å². The summed E-state index contributed by atoms with van der Waals surface area (Å²) >= 11 is 0. The van der Waals surface area contributed by atoms with Gasteiger partial charge in [-0.1, -0.05) is 36.4 Å². The lowest BCUT2D eigenvalue weighted by molar-refractivity contribution is 0.0697. The van der Waals surface area contributed by atoms with Crippen molar-refractivity contribution in [3.63, 3.8) is 0 Å². The van der Waals surface area contributed by atoms with Crippen molar-refractivity contribution >= 4 is 5.78 Å². The fraction of sp³-hybridized carbons (Fsp3) is 0.296. The Labute approximate surface area is 196 Å². The van der Waals surface area contributed by atoms with Crippen molar-refractivity contribution in [3.05, 3.63) is 94.6 Å². The van der Waals surface area contributed by atoms with Crippen LogP contribution < -0.4 is 0 Å². The number of carbonyl (C=O) groups excluding carboxylic acids is 1. The van der Waals surface area contributed by atoms with Crippen LogP contribution in [-0.4, -0.2) is 52.2 Å². The van der Waals surface area contributed by atoms with Gasteiger partial charge in [0.2, 0.25) is 0 Å². The Morgan fingerprint density at radius 2 is 1.65 bits per heavy atom. The summed E-state index contributed by atoms with van der Waals surface area (Å²) in [6.07, 6.45) is 0. The number of phenols is 2. The number of rotatable bonds is 6. The number of piperidine rings is 1. The van der Waals surface area contributed by atoms with Crippen LogP contribution in [0.2, 0.25) is 0 Å². The van der Waals surface area contributed by atoms with Crippen molar-refractivity contribution in [3.8, 4) is 11.5 Å². The number of benzene rings is 3. The van der Waals surface area contributed by atoms with Crippen LogP contribution in [0.4, 0.5) is 8.78 Å². The summed E-state index contributed by atoms with van der Waals surface area (Å²) < 4.78 is 29.0. The van der Waals surface area contributed by atoms with E-state index in [0.717, 1.165) is 6.07 Å². The second kappa shape index (κ2) is 9.91. The van der Waals surface area contributed by atoms with Crippen LogP contribution in [0.1, 0.15) is 38.9 Å². The van der Waals surface area contributed by atoms with E-state index in [-0.39, 0.29) is 31.2 Å². The average molecular weight is 468 g/mol. The predicted molar refractivity (Wildman–Crippen MR) is 124 cm³/mol. The molecule has 0 saturated carbocycles. The summed E-state index contributed by atoms with van der Waals surface area (Å²) in [5.41, 5.74) is 1.62. The standard InChI is InChI=1S/C27H27F2NO4/c1-16-19(7-3-9-23(16)28)25-21(20-8-4-10-24(29)27(20)34)14-30(11-12-31)15-22(25)26(33)17-5-2-6-18(32)13-17/h2-10,13,21-22,25,31-32,34H,11-12,14-15H2,1H3/t21-,22+,25-/m1/s1. The number of aliphatic hydroxyl groups is 1. The van der Waals surface area contributed by atoms with Gasteiger partial charge in [-0.25, -0.2) is 8.78 Å². The lowest BCUT2D eigenvalue weighted by Crippen LogP contribution is -2.48. The SMILES string of the molecule is Cc1c(F)cccc1[C@H]1[C@@H](C(=O)c2cccc(O)c2)CN(CCO)C[C@@H]1c1cccc(F)c1O. The molecule has 3 atom stereocenters. The Bertz CT molecular complexity index is 1200. The third kappa shape index (κ3) is 4.54.